The van der Waals surface area contributed by atoms with Gasteiger partial charge in [-0.05, 0) is 24.4 Å². The summed E-state index contributed by atoms with van der Waals surface area (Å²) >= 11 is 1.60. The predicted octanol–water partition coefficient (Wildman–Crippen LogP) is 2.28. The smallest absolute Gasteiger partial charge is 0.148 e. The highest BCUT2D eigenvalue weighted by Crippen LogP contribution is 2.20. The van der Waals surface area contributed by atoms with E-state index in [2.05, 4.69) is 20.6 Å². The maximum atomic E-state index is 10.8. The van der Waals surface area contributed by atoms with E-state index < -0.39 is 0 Å². The Hall–Kier alpha value is -1.95. The predicted molar refractivity (Wildman–Crippen MR) is 68.8 cm³/mol. The van der Waals surface area contributed by atoms with Gasteiger partial charge >= 0.3 is 0 Å². The Morgan fingerprint density at radius 3 is 2.94 bits per heavy atom. The Morgan fingerprint density at radius 2 is 2.24 bits per heavy atom. The molecule has 0 aliphatic rings. The molecule has 2 N–H and O–H groups in total. The lowest BCUT2D eigenvalue weighted by atomic mass is 10.4. The molecule has 0 amide bonds. The summed E-state index contributed by atoms with van der Waals surface area (Å²) in [5.74, 6) is 1.40. The average Bonchev–Trinajstić information content (AvgIpc) is 2.80. The molecule has 0 radical (unpaired) electrons. The fraction of sp³-hybridized carbons (Fsp3) is 0.182. The van der Waals surface area contributed by atoms with Crippen molar-refractivity contribution in [2.45, 2.75) is 6.92 Å². The summed E-state index contributed by atoms with van der Waals surface area (Å²) in [4.78, 5) is 19.0. The molecule has 0 atom stereocenters. The maximum Gasteiger partial charge on any atom is 0.148 e. The summed E-state index contributed by atoms with van der Waals surface area (Å²) in [6.45, 7) is 1.80. The van der Waals surface area contributed by atoms with E-state index in [-0.39, 0.29) is 12.3 Å². The van der Waals surface area contributed by atoms with Gasteiger partial charge in [0.25, 0.3) is 0 Å². The molecule has 0 unspecified atom stereocenters. The van der Waals surface area contributed by atoms with Crippen LogP contribution in [0.25, 0.3) is 0 Å². The van der Waals surface area contributed by atoms with Crippen LogP contribution in [0.5, 0.6) is 0 Å². The molecule has 0 aliphatic heterocycles. The fourth-order valence-corrected chi connectivity index (χ4v) is 1.84. The third-order valence-corrected chi connectivity index (χ3v) is 2.74. The zero-order valence-corrected chi connectivity index (χ0v) is 10.1. The van der Waals surface area contributed by atoms with Crippen LogP contribution in [0.15, 0.2) is 29.9 Å². The van der Waals surface area contributed by atoms with Crippen molar-refractivity contribution in [2.75, 3.05) is 17.2 Å². The van der Waals surface area contributed by atoms with Gasteiger partial charge in [-0.1, -0.05) is 0 Å². The Morgan fingerprint density at radius 1 is 1.41 bits per heavy atom. The van der Waals surface area contributed by atoms with Crippen molar-refractivity contribution < 1.29 is 4.79 Å². The van der Waals surface area contributed by atoms with Crippen LogP contribution >= 0.6 is 11.3 Å². The van der Waals surface area contributed by atoms with Crippen molar-refractivity contribution in [3.63, 3.8) is 0 Å². The minimum Gasteiger partial charge on any atom is -0.363 e. The number of carbonyl (C=O) groups is 1. The van der Waals surface area contributed by atoms with Crippen molar-refractivity contribution in [3.05, 3.63) is 29.9 Å². The van der Waals surface area contributed by atoms with Crippen molar-refractivity contribution >= 4 is 33.8 Å². The minimum atomic E-state index is 0.0661. The number of Topliss-reactive ketones (excluding diaryl/α,β-unsaturated/α-hetero) is 1. The van der Waals surface area contributed by atoms with Crippen molar-refractivity contribution in [3.8, 4) is 0 Å². The minimum absolute atomic E-state index is 0.0661. The summed E-state index contributed by atoms with van der Waals surface area (Å²) in [6, 6.07) is 5.70. The number of anilines is 3. The van der Waals surface area contributed by atoms with Gasteiger partial charge in [-0.2, -0.15) is 0 Å². The lowest BCUT2D eigenvalue weighted by Crippen LogP contribution is -2.11. The Balaban J connectivity index is 2.03. The molecular formula is C11H12N4OS. The van der Waals surface area contributed by atoms with E-state index in [0.29, 0.717) is 11.6 Å². The van der Waals surface area contributed by atoms with Gasteiger partial charge in [0.2, 0.25) is 0 Å². The summed E-state index contributed by atoms with van der Waals surface area (Å²) in [7, 11) is 0. The molecule has 0 spiro atoms. The number of aromatic nitrogens is 2. The van der Waals surface area contributed by atoms with E-state index in [1.807, 2.05) is 17.5 Å². The first-order valence-electron chi connectivity index (χ1n) is 5.10. The molecule has 0 aliphatic carbocycles. The zero-order chi connectivity index (χ0) is 12.1. The van der Waals surface area contributed by atoms with E-state index in [1.165, 1.54) is 13.3 Å². The van der Waals surface area contributed by atoms with Gasteiger partial charge in [0.05, 0.1) is 11.5 Å². The second-order valence-corrected chi connectivity index (χ2v) is 4.39. The number of thiophene rings is 1. The van der Waals surface area contributed by atoms with Gasteiger partial charge in [0.1, 0.15) is 23.7 Å². The van der Waals surface area contributed by atoms with Crippen LogP contribution in [0.3, 0.4) is 0 Å². The standard InChI is InChI=1S/C11H12N4OS/c1-8(16)6-12-9-5-10(14-7-13-9)15-11-3-2-4-17-11/h2-5,7H,6H2,1H3,(H2,12,13,14,15). The molecule has 2 aromatic heterocycles. The largest absolute Gasteiger partial charge is 0.363 e. The molecule has 2 heterocycles. The normalized spacial score (nSPS) is 9.94. The van der Waals surface area contributed by atoms with Crippen LogP contribution in [-0.4, -0.2) is 22.3 Å². The number of nitrogens with one attached hydrogen (secondary N) is 2. The number of nitrogens with zero attached hydrogens (tertiary/aromatic N) is 2. The van der Waals surface area contributed by atoms with E-state index in [9.17, 15) is 4.79 Å². The van der Waals surface area contributed by atoms with Crippen LogP contribution in [0.2, 0.25) is 0 Å². The van der Waals surface area contributed by atoms with Crippen LogP contribution < -0.4 is 10.6 Å². The van der Waals surface area contributed by atoms with E-state index >= 15 is 0 Å². The molecule has 0 bridgehead atoms. The van der Waals surface area contributed by atoms with Crippen LogP contribution in [-0.2, 0) is 4.79 Å². The quantitative estimate of drug-likeness (QED) is 0.849. The first kappa shape index (κ1) is 11.5. The molecule has 0 saturated carbocycles. The molecule has 2 rings (SSSR count). The van der Waals surface area contributed by atoms with Gasteiger partial charge in [-0.15, -0.1) is 11.3 Å². The second kappa shape index (κ2) is 5.40. The molecule has 0 saturated heterocycles. The molecule has 6 heteroatoms. The van der Waals surface area contributed by atoms with Crippen molar-refractivity contribution in [1.82, 2.24) is 9.97 Å². The SMILES string of the molecule is CC(=O)CNc1cc(Nc2cccs2)ncn1. The molecule has 17 heavy (non-hydrogen) atoms. The number of rotatable bonds is 5. The summed E-state index contributed by atoms with van der Waals surface area (Å²) in [5.41, 5.74) is 0. The number of hydrogen-bond donors (Lipinski definition) is 2. The molecule has 0 aromatic carbocycles. The van der Waals surface area contributed by atoms with Crippen LogP contribution in [0.4, 0.5) is 16.6 Å². The first-order chi connectivity index (χ1) is 8.24. The van der Waals surface area contributed by atoms with Gasteiger partial charge in [-0.25, -0.2) is 9.97 Å². The molecule has 88 valence electrons. The number of carbonyl (C=O) groups excluding carboxylic acids is 1. The third-order valence-electron chi connectivity index (χ3n) is 1.96. The maximum absolute atomic E-state index is 10.8. The lowest BCUT2D eigenvalue weighted by molar-refractivity contribution is -0.115. The highest BCUT2D eigenvalue weighted by Gasteiger charge is 2.00. The van der Waals surface area contributed by atoms with Gasteiger partial charge < -0.3 is 10.6 Å². The third kappa shape index (κ3) is 3.53. The Kier molecular flexibility index (Phi) is 3.66. The molecular weight excluding hydrogens is 236 g/mol. The molecule has 0 fully saturated rings. The van der Waals surface area contributed by atoms with Crippen molar-refractivity contribution in [1.29, 1.82) is 0 Å². The first-order valence-corrected chi connectivity index (χ1v) is 5.98. The highest BCUT2D eigenvalue weighted by atomic mass is 32.1. The number of hydrogen-bond acceptors (Lipinski definition) is 6. The van der Waals surface area contributed by atoms with E-state index in [1.54, 1.807) is 17.4 Å². The van der Waals surface area contributed by atoms with Gasteiger partial charge in [-0.3, -0.25) is 4.79 Å². The number of ketones is 1. The zero-order valence-electron chi connectivity index (χ0n) is 9.30. The van der Waals surface area contributed by atoms with Crippen LogP contribution in [0, 0.1) is 0 Å². The Labute approximate surface area is 103 Å². The van der Waals surface area contributed by atoms with Crippen molar-refractivity contribution in [2.24, 2.45) is 0 Å². The average molecular weight is 248 g/mol. The van der Waals surface area contributed by atoms with E-state index in [0.717, 1.165) is 5.00 Å². The highest BCUT2D eigenvalue weighted by molar-refractivity contribution is 7.14. The summed E-state index contributed by atoms with van der Waals surface area (Å²) in [5, 5.41) is 9.08. The van der Waals surface area contributed by atoms with Gasteiger partial charge in [0.15, 0.2) is 0 Å². The van der Waals surface area contributed by atoms with Gasteiger partial charge in [0, 0.05) is 6.07 Å². The topological polar surface area (TPSA) is 66.9 Å². The fourth-order valence-electron chi connectivity index (χ4n) is 1.21. The summed E-state index contributed by atoms with van der Waals surface area (Å²) in [6.07, 6.45) is 1.46. The lowest BCUT2D eigenvalue weighted by Gasteiger charge is -2.05. The van der Waals surface area contributed by atoms with Crippen LogP contribution in [0.1, 0.15) is 6.92 Å². The Bertz CT molecular complexity index is 498. The van der Waals surface area contributed by atoms with E-state index in [4.69, 9.17) is 0 Å². The summed E-state index contributed by atoms with van der Waals surface area (Å²) < 4.78 is 0. The monoisotopic (exact) mass is 248 g/mol. The molecule has 5 nitrogen and oxygen atoms in total. The molecule has 2 aromatic rings. The second-order valence-electron chi connectivity index (χ2n) is 3.45.